The Labute approximate surface area is 75.3 Å². The Balaban J connectivity index is 1.76. The third-order valence-corrected chi connectivity index (χ3v) is 3.50. The highest BCUT2D eigenvalue weighted by atomic mass is 15.2. The number of likely N-dealkylation sites (tertiary alicyclic amines) is 1. The number of rotatable bonds is 3. The van der Waals surface area contributed by atoms with E-state index in [0.717, 1.165) is 5.41 Å². The molecule has 1 heterocycles. The molecule has 1 spiro atoms. The Morgan fingerprint density at radius 3 is 2.67 bits per heavy atom. The van der Waals surface area contributed by atoms with Gasteiger partial charge in [0.05, 0.1) is 0 Å². The van der Waals surface area contributed by atoms with Gasteiger partial charge >= 0.3 is 0 Å². The van der Waals surface area contributed by atoms with E-state index >= 15 is 0 Å². The second kappa shape index (κ2) is 3.00. The lowest BCUT2D eigenvalue weighted by Crippen LogP contribution is -2.36. The SMILES string of the molecule is CNC(C)CN1CCC2(CC2)C1. The van der Waals surface area contributed by atoms with Crippen molar-refractivity contribution in [1.29, 1.82) is 0 Å². The zero-order chi connectivity index (χ0) is 8.60. The van der Waals surface area contributed by atoms with Gasteiger partial charge in [-0.2, -0.15) is 0 Å². The van der Waals surface area contributed by atoms with Crippen LogP contribution in [0.5, 0.6) is 0 Å². The van der Waals surface area contributed by atoms with Crippen molar-refractivity contribution in [1.82, 2.24) is 10.2 Å². The summed E-state index contributed by atoms with van der Waals surface area (Å²) >= 11 is 0. The minimum atomic E-state index is 0.652. The second-order valence-electron chi connectivity index (χ2n) is 4.67. The summed E-state index contributed by atoms with van der Waals surface area (Å²) in [6, 6.07) is 0.652. The molecule has 1 N–H and O–H groups in total. The van der Waals surface area contributed by atoms with Gasteiger partial charge in [-0.15, -0.1) is 0 Å². The minimum absolute atomic E-state index is 0.652. The molecule has 0 bridgehead atoms. The van der Waals surface area contributed by atoms with Crippen molar-refractivity contribution in [3.8, 4) is 0 Å². The van der Waals surface area contributed by atoms with Crippen LogP contribution in [-0.2, 0) is 0 Å². The Bertz CT molecular complexity index is 163. The van der Waals surface area contributed by atoms with E-state index in [4.69, 9.17) is 0 Å². The minimum Gasteiger partial charge on any atom is -0.316 e. The first-order chi connectivity index (χ1) is 5.74. The van der Waals surface area contributed by atoms with Gasteiger partial charge in [0.2, 0.25) is 0 Å². The Kier molecular flexibility index (Phi) is 2.13. The first kappa shape index (κ1) is 8.52. The van der Waals surface area contributed by atoms with E-state index < -0.39 is 0 Å². The van der Waals surface area contributed by atoms with Crippen LogP contribution in [0.25, 0.3) is 0 Å². The fourth-order valence-electron chi connectivity index (χ4n) is 2.25. The molecule has 0 aromatic carbocycles. The average molecular weight is 168 g/mol. The molecule has 0 amide bonds. The largest absolute Gasteiger partial charge is 0.316 e. The van der Waals surface area contributed by atoms with Gasteiger partial charge in [0.15, 0.2) is 0 Å². The number of nitrogens with one attached hydrogen (secondary N) is 1. The van der Waals surface area contributed by atoms with Crippen molar-refractivity contribution >= 4 is 0 Å². The van der Waals surface area contributed by atoms with Crippen molar-refractivity contribution in [2.24, 2.45) is 5.41 Å². The van der Waals surface area contributed by atoms with Gasteiger partial charge in [-0.1, -0.05) is 0 Å². The zero-order valence-electron chi connectivity index (χ0n) is 8.27. The fraction of sp³-hybridized carbons (Fsp3) is 1.00. The first-order valence-corrected chi connectivity index (χ1v) is 5.14. The lowest BCUT2D eigenvalue weighted by atomic mass is 10.1. The highest BCUT2D eigenvalue weighted by Gasteiger charge is 2.47. The van der Waals surface area contributed by atoms with Crippen LogP contribution in [0, 0.1) is 5.41 Å². The molecular formula is C10H20N2. The number of likely N-dealkylation sites (N-methyl/N-ethyl adjacent to an activating group) is 1. The normalized spacial score (nSPS) is 29.5. The van der Waals surface area contributed by atoms with E-state index in [0.29, 0.717) is 6.04 Å². The lowest BCUT2D eigenvalue weighted by molar-refractivity contribution is 0.291. The molecule has 2 aliphatic rings. The van der Waals surface area contributed by atoms with Crippen LogP contribution < -0.4 is 5.32 Å². The van der Waals surface area contributed by atoms with Gasteiger partial charge in [0.25, 0.3) is 0 Å². The first-order valence-electron chi connectivity index (χ1n) is 5.14. The van der Waals surface area contributed by atoms with E-state index in [1.54, 1.807) is 0 Å². The van der Waals surface area contributed by atoms with Crippen molar-refractivity contribution in [2.75, 3.05) is 26.7 Å². The van der Waals surface area contributed by atoms with Gasteiger partial charge < -0.3 is 10.2 Å². The fourth-order valence-corrected chi connectivity index (χ4v) is 2.25. The lowest BCUT2D eigenvalue weighted by Gasteiger charge is -2.20. The molecule has 1 saturated heterocycles. The molecule has 2 rings (SSSR count). The Morgan fingerprint density at radius 1 is 1.42 bits per heavy atom. The molecule has 0 radical (unpaired) electrons. The summed E-state index contributed by atoms with van der Waals surface area (Å²) in [6.07, 6.45) is 4.46. The van der Waals surface area contributed by atoms with Crippen molar-refractivity contribution < 1.29 is 0 Å². The van der Waals surface area contributed by atoms with Crippen LogP contribution in [0.3, 0.4) is 0 Å². The molecule has 1 unspecified atom stereocenters. The summed E-state index contributed by atoms with van der Waals surface area (Å²) in [5, 5.41) is 3.30. The standard InChI is InChI=1S/C10H20N2/c1-9(11-2)7-12-6-5-10(8-12)3-4-10/h9,11H,3-8H2,1-2H3. The maximum absolute atomic E-state index is 3.30. The number of hydrogen-bond acceptors (Lipinski definition) is 2. The summed E-state index contributed by atoms with van der Waals surface area (Å²) in [5.74, 6) is 0. The van der Waals surface area contributed by atoms with Gasteiger partial charge in [0.1, 0.15) is 0 Å². The van der Waals surface area contributed by atoms with Crippen LogP contribution in [-0.4, -0.2) is 37.6 Å². The smallest absolute Gasteiger partial charge is 0.0163 e. The molecule has 0 aromatic heterocycles. The summed E-state index contributed by atoms with van der Waals surface area (Å²) in [7, 11) is 2.05. The quantitative estimate of drug-likeness (QED) is 0.678. The third kappa shape index (κ3) is 1.64. The highest BCUT2D eigenvalue weighted by Crippen LogP contribution is 2.52. The predicted octanol–water partition coefficient (Wildman–Crippen LogP) is 1.08. The molecule has 2 nitrogen and oxygen atoms in total. The van der Waals surface area contributed by atoms with E-state index in [9.17, 15) is 0 Å². The van der Waals surface area contributed by atoms with Crippen molar-refractivity contribution in [2.45, 2.75) is 32.2 Å². The van der Waals surface area contributed by atoms with E-state index in [1.165, 1.54) is 38.9 Å². The molecule has 1 aliphatic heterocycles. The van der Waals surface area contributed by atoms with Gasteiger partial charge in [0, 0.05) is 19.1 Å². The summed E-state index contributed by atoms with van der Waals surface area (Å²) in [4.78, 5) is 2.62. The molecule has 2 fully saturated rings. The maximum Gasteiger partial charge on any atom is 0.0163 e. The van der Waals surface area contributed by atoms with Gasteiger partial charge in [-0.3, -0.25) is 0 Å². The zero-order valence-corrected chi connectivity index (χ0v) is 8.27. The average Bonchev–Trinajstić information content (AvgIpc) is 2.68. The van der Waals surface area contributed by atoms with Crippen LogP contribution in [0.4, 0.5) is 0 Å². The Morgan fingerprint density at radius 2 is 2.17 bits per heavy atom. The van der Waals surface area contributed by atoms with E-state index in [-0.39, 0.29) is 0 Å². The maximum atomic E-state index is 3.30. The molecule has 2 heteroatoms. The third-order valence-electron chi connectivity index (χ3n) is 3.50. The van der Waals surface area contributed by atoms with Gasteiger partial charge in [-0.25, -0.2) is 0 Å². The van der Waals surface area contributed by atoms with Crippen LogP contribution in [0.1, 0.15) is 26.2 Å². The topological polar surface area (TPSA) is 15.3 Å². The van der Waals surface area contributed by atoms with Crippen molar-refractivity contribution in [3.63, 3.8) is 0 Å². The number of hydrogen-bond donors (Lipinski definition) is 1. The molecular weight excluding hydrogens is 148 g/mol. The van der Waals surface area contributed by atoms with Gasteiger partial charge in [-0.05, 0) is 45.2 Å². The number of nitrogens with zero attached hydrogens (tertiary/aromatic N) is 1. The highest BCUT2D eigenvalue weighted by molar-refractivity contribution is 5.00. The molecule has 1 atom stereocenters. The predicted molar refractivity (Wildman–Crippen MR) is 51.2 cm³/mol. The summed E-state index contributed by atoms with van der Waals surface area (Å²) < 4.78 is 0. The van der Waals surface area contributed by atoms with Crippen LogP contribution in [0.15, 0.2) is 0 Å². The molecule has 12 heavy (non-hydrogen) atoms. The molecule has 70 valence electrons. The monoisotopic (exact) mass is 168 g/mol. The molecule has 1 saturated carbocycles. The van der Waals surface area contributed by atoms with E-state index in [1.807, 2.05) is 7.05 Å². The van der Waals surface area contributed by atoms with Crippen LogP contribution >= 0.6 is 0 Å². The van der Waals surface area contributed by atoms with E-state index in [2.05, 4.69) is 17.1 Å². The van der Waals surface area contributed by atoms with Crippen LogP contribution in [0.2, 0.25) is 0 Å². The molecule has 0 aromatic rings. The Hall–Kier alpha value is -0.0800. The summed E-state index contributed by atoms with van der Waals surface area (Å²) in [6.45, 7) is 6.21. The second-order valence-corrected chi connectivity index (χ2v) is 4.67. The molecule has 1 aliphatic carbocycles. The van der Waals surface area contributed by atoms with Crippen molar-refractivity contribution in [3.05, 3.63) is 0 Å². The summed E-state index contributed by atoms with van der Waals surface area (Å²) in [5.41, 5.74) is 0.799.